The molecule has 0 spiro atoms. The molecule has 0 bridgehead atoms. The Morgan fingerprint density at radius 3 is 2.66 bits per heavy atom. The predicted molar refractivity (Wildman–Crippen MR) is 118 cm³/mol. The molecule has 1 fully saturated rings. The highest BCUT2D eigenvalue weighted by molar-refractivity contribution is 9.10. The molecule has 1 aliphatic rings. The average molecular weight is 494 g/mol. The highest BCUT2D eigenvalue weighted by Crippen LogP contribution is 2.27. The molecule has 0 atom stereocenters. The molecule has 2 aromatic carbocycles. The predicted octanol–water partition coefficient (Wildman–Crippen LogP) is 4.12. The van der Waals surface area contributed by atoms with Gasteiger partial charge in [0.25, 0.3) is 5.91 Å². The van der Waals surface area contributed by atoms with Crippen molar-refractivity contribution >= 4 is 53.4 Å². The SMILES string of the molecule is CN(Cc1nc2ccccc2s1)C(=O)c1cc(S(=O)(=O)N2CCCC2)ccc1Br. The molecule has 29 heavy (non-hydrogen) atoms. The Morgan fingerprint density at radius 1 is 1.21 bits per heavy atom. The lowest BCUT2D eigenvalue weighted by molar-refractivity contribution is 0.0784. The van der Waals surface area contributed by atoms with Crippen molar-refractivity contribution in [1.29, 1.82) is 0 Å². The molecule has 0 aliphatic carbocycles. The van der Waals surface area contributed by atoms with E-state index >= 15 is 0 Å². The van der Waals surface area contributed by atoms with E-state index < -0.39 is 10.0 Å². The van der Waals surface area contributed by atoms with E-state index in [1.165, 1.54) is 10.4 Å². The summed E-state index contributed by atoms with van der Waals surface area (Å²) < 4.78 is 28.8. The topological polar surface area (TPSA) is 70.6 Å². The lowest BCUT2D eigenvalue weighted by Gasteiger charge is -2.19. The van der Waals surface area contributed by atoms with Crippen LogP contribution in [0.4, 0.5) is 0 Å². The zero-order chi connectivity index (χ0) is 20.6. The van der Waals surface area contributed by atoms with Gasteiger partial charge in [0.15, 0.2) is 0 Å². The van der Waals surface area contributed by atoms with Crippen LogP contribution >= 0.6 is 27.3 Å². The van der Waals surface area contributed by atoms with Gasteiger partial charge in [-0.1, -0.05) is 12.1 Å². The van der Waals surface area contributed by atoms with Gasteiger partial charge in [0.1, 0.15) is 5.01 Å². The van der Waals surface area contributed by atoms with Crippen LogP contribution in [0.2, 0.25) is 0 Å². The van der Waals surface area contributed by atoms with Gasteiger partial charge in [0, 0.05) is 24.6 Å². The van der Waals surface area contributed by atoms with Gasteiger partial charge in [0.2, 0.25) is 10.0 Å². The molecule has 2 heterocycles. The minimum absolute atomic E-state index is 0.152. The standard InChI is InChI=1S/C20H20BrN3O3S2/c1-23(13-19-22-17-6-2-3-7-18(17)28-19)20(25)15-12-14(8-9-16(15)21)29(26,27)24-10-4-5-11-24/h2-3,6-9,12H,4-5,10-11,13H2,1H3. The highest BCUT2D eigenvalue weighted by atomic mass is 79.9. The monoisotopic (exact) mass is 493 g/mol. The number of carbonyl (C=O) groups is 1. The van der Waals surface area contributed by atoms with E-state index in [4.69, 9.17) is 0 Å². The largest absolute Gasteiger partial charge is 0.335 e. The number of para-hydroxylation sites is 1. The van der Waals surface area contributed by atoms with Crippen LogP contribution in [-0.4, -0.2) is 48.7 Å². The molecule has 4 rings (SSSR count). The van der Waals surface area contributed by atoms with E-state index in [1.54, 1.807) is 35.4 Å². The van der Waals surface area contributed by atoms with Crippen molar-refractivity contribution < 1.29 is 13.2 Å². The number of halogens is 1. The molecule has 1 amide bonds. The first-order valence-electron chi connectivity index (χ1n) is 9.26. The molecule has 152 valence electrons. The van der Waals surface area contributed by atoms with Crippen LogP contribution in [0, 0.1) is 0 Å². The second kappa shape index (κ2) is 8.14. The fourth-order valence-corrected chi connectivity index (χ4v) is 6.36. The van der Waals surface area contributed by atoms with Gasteiger partial charge in [-0.25, -0.2) is 13.4 Å². The first-order valence-corrected chi connectivity index (χ1v) is 12.3. The van der Waals surface area contributed by atoms with Crippen LogP contribution < -0.4 is 0 Å². The lowest BCUT2D eigenvalue weighted by atomic mass is 10.2. The molecule has 1 aromatic heterocycles. The number of hydrogen-bond donors (Lipinski definition) is 0. The number of sulfonamides is 1. The summed E-state index contributed by atoms with van der Waals surface area (Å²) in [4.78, 5) is 19.3. The Hall–Kier alpha value is -1.81. The summed E-state index contributed by atoms with van der Waals surface area (Å²) in [6, 6.07) is 12.5. The summed E-state index contributed by atoms with van der Waals surface area (Å²) in [6.45, 7) is 1.41. The molecule has 0 saturated carbocycles. The average Bonchev–Trinajstić information content (AvgIpc) is 3.37. The van der Waals surface area contributed by atoms with E-state index in [-0.39, 0.29) is 10.8 Å². The zero-order valence-electron chi connectivity index (χ0n) is 15.8. The van der Waals surface area contributed by atoms with Crippen LogP contribution in [0.1, 0.15) is 28.2 Å². The van der Waals surface area contributed by atoms with Gasteiger partial charge >= 0.3 is 0 Å². The van der Waals surface area contributed by atoms with Crippen molar-refractivity contribution in [3.8, 4) is 0 Å². The number of benzene rings is 2. The minimum atomic E-state index is -3.58. The number of aromatic nitrogens is 1. The van der Waals surface area contributed by atoms with Crippen molar-refractivity contribution in [2.75, 3.05) is 20.1 Å². The lowest BCUT2D eigenvalue weighted by Crippen LogP contribution is -2.29. The number of rotatable bonds is 5. The zero-order valence-corrected chi connectivity index (χ0v) is 19.1. The van der Waals surface area contributed by atoms with Crippen molar-refractivity contribution in [1.82, 2.24) is 14.2 Å². The van der Waals surface area contributed by atoms with Gasteiger partial charge in [-0.05, 0) is 59.1 Å². The Kier molecular flexibility index (Phi) is 5.74. The minimum Gasteiger partial charge on any atom is -0.335 e. The number of carbonyl (C=O) groups excluding carboxylic acids is 1. The maximum atomic E-state index is 13.0. The fourth-order valence-electron chi connectivity index (χ4n) is 3.37. The van der Waals surface area contributed by atoms with E-state index in [0.717, 1.165) is 28.1 Å². The number of fused-ring (bicyclic) bond motifs is 1. The van der Waals surface area contributed by atoms with Gasteiger partial charge < -0.3 is 4.90 Å². The summed E-state index contributed by atoms with van der Waals surface area (Å²) >= 11 is 4.94. The van der Waals surface area contributed by atoms with Crippen LogP contribution in [0.15, 0.2) is 51.8 Å². The van der Waals surface area contributed by atoms with Gasteiger partial charge in [-0.2, -0.15) is 4.31 Å². The maximum Gasteiger partial charge on any atom is 0.255 e. The number of hydrogen-bond acceptors (Lipinski definition) is 5. The smallest absolute Gasteiger partial charge is 0.255 e. The molecule has 9 heteroatoms. The Bertz CT molecular complexity index is 1140. The number of nitrogens with zero attached hydrogens (tertiary/aromatic N) is 3. The molecule has 0 N–H and O–H groups in total. The van der Waals surface area contributed by atoms with Crippen LogP contribution in [0.25, 0.3) is 10.2 Å². The second-order valence-corrected chi connectivity index (χ2v) is 10.9. The first kappa shape index (κ1) is 20.5. The summed E-state index contributed by atoms with van der Waals surface area (Å²) in [5, 5.41) is 0.832. The highest BCUT2D eigenvalue weighted by Gasteiger charge is 2.28. The summed E-state index contributed by atoms with van der Waals surface area (Å²) in [5.41, 5.74) is 1.24. The van der Waals surface area contributed by atoms with Crippen LogP contribution in [0.3, 0.4) is 0 Å². The summed E-state index contributed by atoms with van der Waals surface area (Å²) in [7, 11) is -1.89. The third kappa shape index (κ3) is 4.09. The van der Waals surface area contributed by atoms with Gasteiger partial charge in [0.05, 0.1) is 27.2 Å². The van der Waals surface area contributed by atoms with Crippen LogP contribution in [0.5, 0.6) is 0 Å². The first-order chi connectivity index (χ1) is 13.9. The Morgan fingerprint density at radius 2 is 1.93 bits per heavy atom. The van der Waals surface area contributed by atoms with Crippen molar-refractivity contribution in [2.24, 2.45) is 0 Å². The molecule has 0 unspecified atom stereocenters. The van der Waals surface area contributed by atoms with E-state index in [0.29, 0.717) is 29.7 Å². The fraction of sp³-hybridized carbons (Fsp3) is 0.300. The number of amides is 1. The molecule has 0 radical (unpaired) electrons. The van der Waals surface area contributed by atoms with Gasteiger partial charge in [-0.3, -0.25) is 4.79 Å². The third-order valence-corrected chi connectivity index (χ3v) is 8.54. The van der Waals surface area contributed by atoms with Crippen molar-refractivity contribution in [3.05, 3.63) is 57.5 Å². The normalized spacial score (nSPS) is 15.1. The molecule has 1 saturated heterocycles. The quantitative estimate of drug-likeness (QED) is 0.535. The van der Waals surface area contributed by atoms with Crippen molar-refractivity contribution in [2.45, 2.75) is 24.3 Å². The Balaban J connectivity index is 1.58. The van der Waals surface area contributed by atoms with Gasteiger partial charge in [-0.15, -0.1) is 11.3 Å². The van der Waals surface area contributed by atoms with E-state index in [2.05, 4.69) is 20.9 Å². The van der Waals surface area contributed by atoms with Crippen LogP contribution in [-0.2, 0) is 16.6 Å². The van der Waals surface area contributed by atoms with Crippen molar-refractivity contribution in [3.63, 3.8) is 0 Å². The van der Waals surface area contributed by atoms with E-state index in [1.807, 2.05) is 24.3 Å². The maximum absolute atomic E-state index is 13.0. The van der Waals surface area contributed by atoms with E-state index in [9.17, 15) is 13.2 Å². The number of thiazole rings is 1. The molecular weight excluding hydrogens is 474 g/mol. The summed E-state index contributed by atoms with van der Waals surface area (Å²) in [6.07, 6.45) is 1.74. The third-order valence-electron chi connectivity index (χ3n) is 4.93. The Labute approximate surface area is 182 Å². The molecular formula is C20H20BrN3O3S2. The summed E-state index contributed by atoms with van der Waals surface area (Å²) in [5.74, 6) is -0.255. The second-order valence-electron chi connectivity index (χ2n) is 6.99. The molecule has 3 aromatic rings. The molecule has 1 aliphatic heterocycles. The molecule has 6 nitrogen and oxygen atoms in total.